The Balaban J connectivity index is 1.91. The van der Waals surface area contributed by atoms with Crippen molar-refractivity contribution in [2.45, 2.75) is 62.9 Å². The van der Waals surface area contributed by atoms with Gasteiger partial charge in [0.05, 0.1) is 6.10 Å². The number of aromatic hydroxyl groups is 1. The number of nitrogens with one attached hydrogen (secondary N) is 4. The van der Waals surface area contributed by atoms with Crippen molar-refractivity contribution in [2.24, 2.45) is 11.5 Å². The minimum atomic E-state index is -1.46. The van der Waals surface area contributed by atoms with E-state index >= 15 is 0 Å². The van der Waals surface area contributed by atoms with Crippen LogP contribution in [0.25, 0.3) is 10.9 Å². The summed E-state index contributed by atoms with van der Waals surface area (Å²) in [6, 6.07) is 7.76. The molecule has 1 heterocycles. The number of aromatic nitrogens is 1. The van der Waals surface area contributed by atoms with E-state index in [-0.39, 0.29) is 31.4 Å². The van der Waals surface area contributed by atoms with Gasteiger partial charge in [-0.25, -0.2) is 4.79 Å². The van der Waals surface area contributed by atoms with Crippen molar-refractivity contribution in [3.05, 3.63) is 65.9 Å². The number of aliphatic hydroxyl groups excluding tert-OH is 1. The van der Waals surface area contributed by atoms with Gasteiger partial charge in [0.15, 0.2) is 0 Å². The predicted molar refractivity (Wildman–Crippen MR) is 155 cm³/mol. The number of para-hydroxylation sites is 1. The van der Waals surface area contributed by atoms with Crippen molar-refractivity contribution in [2.75, 3.05) is 0 Å². The first kappa shape index (κ1) is 32.6. The highest BCUT2D eigenvalue weighted by atomic mass is 16.4. The monoisotopic (exact) mass is 596 g/mol. The number of carboxylic acids is 1. The fourth-order valence-electron chi connectivity index (χ4n) is 4.38. The molecule has 5 unspecified atom stereocenters. The highest BCUT2D eigenvalue weighted by Gasteiger charge is 2.32. The molecule has 0 aliphatic carbocycles. The zero-order chi connectivity index (χ0) is 31.7. The van der Waals surface area contributed by atoms with Crippen LogP contribution in [0, 0.1) is 0 Å². The van der Waals surface area contributed by atoms with Crippen molar-refractivity contribution >= 4 is 40.5 Å². The zero-order valence-corrected chi connectivity index (χ0v) is 23.4. The first-order valence-electron chi connectivity index (χ1n) is 13.5. The van der Waals surface area contributed by atoms with Crippen LogP contribution in [0.4, 0.5) is 0 Å². The normalized spacial score (nSPS) is 14.6. The Labute approximate surface area is 246 Å². The van der Waals surface area contributed by atoms with Gasteiger partial charge in [-0.3, -0.25) is 19.2 Å². The lowest BCUT2D eigenvalue weighted by molar-refractivity contribution is -0.142. The zero-order valence-electron chi connectivity index (χ0n) is 23.4. The third-order valence-corrected chi connectivity index (χ3v) is 6.86. The summed E-state index contributed by atoms with van der Waals surface area (Å²) in [5.41, 5.74) is 12.9. The number of benzene rings is 2. The average Bonchev–Trinajstić information content (AvgIpc) is 3.37. The second kappa shape index (κ2) is 14.8. The number of nitrogens with two attached hydrogens (primary N) is 2. The van der Waals surface area contributed by atoms with E-state index in [1.54, 1.807) is 24.4 Å². The maximum atomic E-state index is 13.6. The first-order chi connectivity index (χ1) is 20.3. The van der Waals surface area contributed by atoms with Crippen LogP contribution in [0.2, 0.25) is 0 Å². The molecule has 0 spiro atoms. The number of aliphatic carboxylic acids is 1. The second-order valence-corrected chi connectivity index (χ2v) is 10.2. The molecule has 0 saturated carbocycles. The molecule has 230 valence electrons. The number of hydrogen-bond donors (Lipinski definition) is 9. The van der Waals surface area contributed by atoms with E-state index in [2.05, 4.69) is 20.9 Å². The van der Waals surface area contributed by atoms with E-state index in [4.69, 9.17) is 11.5 Å². The molecular weight excluding hydrogens is 560 g/mol. The molecule has 0 aliphatic rings. The van der Waals surface area contributed by atoms with Gasteiger partial charge >= 0.3 is 5.97 Å². The van der Waals surface area contributed by atoms with Gasteiger partial charge in [0.1, 0.15) is 29.9 Å². The number of hydrogen-bond acceptors (Lipinski definition) is 8. The minimum absolute atomic E-state index is 0.00954. The minimum Gasteiger partial charge on any atom is -0.508 e. The van der Waals surface area contributed by atoms with Crippen LogP contribution in [0.3, 0.4) is 0 Å². The lowest BCUT2D eigenvalue weighted by Gasteiger charge is -2.26. The number of rotatable bonds is 15. The van der Waals surface area contributed by atoms with Gasteiger partial charge in [-0.1, -0.05) is 30.3 Å². The third kappa shape index (κ3) is 9.28. The smallest absolute Gasteiger partial charge is 0.326 e. The van der Waals surface area contributed by atoms with E-state index in [9.17, 15) is 39.3 Å². The fourth-order valence-corrected chi connectivity index (χ4v) is 4.38. The van der Waals surface area contributed by atoms with Gasteiger partial charge in [-0.05, 0) is 42.7 Å². The number of aliphatic hydroxyl groups is 1. The third-order valence-electron chi connectivity index (χ3n) is 6.86. The maximum Gasteiger partial charge on any atom is 0.326 e. The van der Waals surface area contributed by atoms with E-state index in [0.717, 1.165) is 10.9 Å². The quantitative estimate of drug-likeness (QED) is 0.106. The largest absolute Gasteiger partial charge is 0.508 e. The Hall–Kier alpha value is -4.95. The number of aromatic amines is 1. The maximum absolute atomic E-state index is 13.6. The molecule has 0 radical (unpaired) electrons. The van der Waals surface area contributed by atoms with Gasteiger partial charge in [-0.2, -0.15) is 0 Å². The summed E-state index contributed by atoms with van der Waals surface area (Å²) >= 11 is 0. The fraction of sp³-hybridized carbons (Fsp3) is 0.345. The highest BCUT2D eigenvalue weighted by molar-refractivity contribution is 5.95. The summed E-state index contributed by atoms with van der Waals surface area (Å²) in [5, 5.41) is 37.3. The molecule has 43 heavy (non-hydrogen) atoms. The molecule has 4 amide bonds. The van der Waals surface area contributed by atoms with E-state index in [0.29, 0.717) is 11.1 Å². The van der Waals surface area contributed by atoms with Crippen molar-refractivity contribution < 1.29 is 39.3 Å². The molecule has 3 rings (SSSR count). The average molecular weight is 597 g/mol. The van der Waals surface area contributed by atoms with Crippen molar-refractivity contribution in [1.82, 2.24) is 20.9 Å². The number of phenolic OH excluding ortho intramolecular Hbond substituents is 1. The van der Waals surface area contributed by atoms with Crippen LogP contribution >= 0.6 is 0 Å². The summed E-state index contributed by atoms with van der Waals surface area (Å²) in [6.45, 7) is 1.32. The number of H-pyrrole nitrogens is 1. The van der Waals surface area contributed by atoms with Gasteiger partial charge in [-0.15, -0.1) is 0 Å². The lowest BCUT2D eigenvalue weighted by atomic mass is 10.0. The van der Waals surface area contributed by atoms with Gasteiger partial charge < -0.3 is 47.7 Å². The second-order valence-electron chi connectivity index (χ2n) is 10.2. The van der Waals surface area contributed by atoms with E-state index in [1.807, 2.05) is 18.2 Å². The van der Waals surface area contributed by atoms with E-state index in [1.165, 1.54) is 19.1 Å². The highest BCUT2D eigenvalue weighted by Crippen LogP contribution is 2.20. The summed E-state index contributed by atoms with van der Waals surface area (Å²) in [5.74, 6) is -4.59. The Morgan fingerprint density at radius 3 is 2.05 bits per heavy atom. The van der Waals surface area contributed by atoms with Crippen LogP contribution in [0.1, 0.15) is 30.9 Å². The number of carboxylic acid groups (broad SMARTS) is 1. The Morgan fingerprint density at radius 2 is 1.44 bits per heavy atom. The number of primary amides is 1. The Bertz CT molecular complexity index is 1450. The topological polar surface area (TPSA) is 250 Å². The standard InChI is InChI=1S/C29H36N6O8/c1-15(36)25(31)28(41)35-22(12-16-6-8-18(37)9-7-16)26(39)34-23(13-17-14-32-20-5-3-2-4-19(17)20)27(40)33-21(29(42)43)10-11-24(30)38/h2-9,14-15,21-23,25,32,36-37H,10-13,31H2,1H3,(H2,30,38)(H,33,40)(H,34,39)(H,35,41)(H,42,43). The molecule has 0 saturated heterocycles. The Morgan fingerprint density at radius 1 is 0.860 bits per heavy atom. The van der Waals surface area contributed by atoms with Crippen LogP contribution in [0.15, 0.2) is 54.7 Å². The summed E-state index contributed by atoms with van der Waals surface area (Å²) in [4.78, 5) is 65.9. The first-order valence-corrected chi connectivity index (χ1v) is 13.5. The molecule has 1 aromatic heterocycles. The number of phenols is 1. The van der Waals surface area contributed by atoms with Crippen LogP contribution in [-0.2, 0) is 36.8 Å². The molecular formula is C29H36N6O8. The van der Waals surface area contributed by atoms with Crippen molar-refractivity contribution in [1.29, 1.82) is 0 Å². The molecule has 0 aliphatic heterocycles. The van der Waals surface area contributed by atoms with E-state index < -0.39 is 59.9 Å². The number of fused-ring (bicyclic) bond motifs is 1. The van der Waals surface area contributed by atoms with Crippen LogP contribution < -0.4 is 27.4 Å². The van der Waals surface area contributed by atoms with Crippen LogP contribution in [0.5, 0.6) is 5.75 Å². The van der Waals surface area contributed by atoms with Crippen LogP contribution in [-0.4, -0.2) is 80.2 Å². The summed E-state index contributed by atoms with van der Waals surface area (Å²) in [6.07, 6.45) is -0.233. The lowest BCUT2D eigenvalue weighted by Crippen LogP contribution is -2.59. The number of carbonyl (C=O) groups is 5. The SMILES string of the molecule is CC(O)C(N)C(=O)NC(Cc1ccc(O)cc1)C(=O)NC(Cc1c[nH]c2ccccc12)C(=O)NC(CCC(N)=O)C(=O)O. The number of carbonyl (C=O) groups excluding carboxylic acids is 4. The Kier molecular flexibility index (Phi) is 11.2. The molecule has 2 aromatic carbocycles. The molecule has 0 fully saturated rings. The van der Waals surface area contributed by atoms with Gasteiger partial charge in [0.25, 0.3) is 0 Å². The van der Waals surface area contributed by atoms with Gasteiger partial charge in [0.2, 0.25) is 23.6 Å². The molecule has 0 bridgehead atoms. The molecule has 14 nitrogen and oxygen atoms in total. The summed E-state index contributed by atoms with van der Waals surface area (Å²) < 4.78 is 0. The predicted octanol–water partition coefficient (Wildman–Crippen LogP) is -0.829. The van der Waals surface area contributed by atoms with Gasteiger partial charge in [0, 0.05) is 36.4 Å². The number of amides is 4. The molecule has 3 aromatic rings. The van der Waals surface area contributed by atoms with Crippen molar-refractivity contribution in [3.8, 4) is 5.75 Å². The molecule has 5 atom stereocenters. The molecule has 11 N–H and O–H groups in total. The summed E-state index contributed by atoms with van der Waals surface area (Å²) in [7, 11) is 0. The van der Waals surface area contributed by atoms with Crippen molar-refractivity contribution in [3.63, 3.8) is 0 Å². The molecule has 14 heteroatoms.